The maximum atomic E-state index is 11.7. The first-order chi connectivity index (χ1) is 6.70. The van der Waals surface area contributed by atoms with E-state index >= 15 is 0 Å². The van der Waals surface area contributed by atoms with Crippen LogP contribution in [0.15, 0.2) is 30.3 Å². The summed E-state index contributed by atoms with van der Waals surface area (Å²) in [6.45, 7) is 1.88. The zero-order valence-electron chi connectivity index (χ0n) is 8.31. The van der Waals surface area contributed by atoms with Gasteiger partial charge in [0.15, 0.2) is 6.10 Å². The fraction of sp³-hybridized carbons (Fsp3) is 0.364. The van der Waals surface area contributed by atoms with Crippen LogP contribution in [-0.2, 0) is 9.53 Å². The van der Waals surface area contributed by atoms with Gasteiger partial charge in [-0.15, -0.1) is 0 Å². The third-order valence-electron chi connectivity index (χ3n) is 2.55. The van der Waals surface area contributed by atoms with E-state index in [9.17, 15) is 4.79 Å². The van der Waals surface area contributed by atoms with Crippen LogP contribution in [-0.4, -0.2) is 24.1 Å². The Labute approximate surface area is 83.3 Å². The highest BCUT2D eigenvalue weighted by Gasteiger charge is 2.36. The molecule has 2 atom stereocenters. The predicted octanol–water partition coefficient (Wildman–Crippen LogP) is 1.56. The van der Waals surface area contributed by atoms with Gasteiger partial charge in [0, 0.05) is 7.05 Å². The van der Waals surface area contributed by atoms with Crippen molar-refractivity contribution in [2.24, 2.45) is 0 Å². The molecule has 3 nitrogen and oxygen atoms in total. The smallest absolute Gasteiger partial charge is 0.258 e. The van der Waals surface area contributed by atoms with Crippen molar-refractivity contribution < 1.29 is 9.53 Å². The van der Waals surface area contributed by atoms with Crippen LogP contribution in [0, 0.1) is 0 Å². The van der Waals surface area contributed by atoms with E-state index in [0.717, 1.165) is 5.56 Å². The van der Waals surface area contributed by atoms with Gasteiger partial charge < -0.3 is 9.64 Å². The van der Waals surface area contributed by atoms with Crippen LogP contribution in [0.25, 0.3) is 0 Å². The molecule has 1 amide bonds. The molecule has 1 heterocycles. The maximum Gasteiger partial charge on any atom is 0.258 e. The second kappa shape index (κ2) is 3.42. The summed E-state index contributed by atoms with van der Waals surface area (Å²) in [5, 5.41) is 0. The lowest BCUT2D eigenvalue weighted by molar-refractivity contribution is -0.129. The van der Waals surface area contributed by atoms with Crippen molar-refractivity contribution in [3.63, 3.8) is 0 Å². The molecule has 74 valence electrons. The molecule has 0 radical (unpaired) electrons. The summed E-state index contributed by atoms with van der Waals surface area (Å²) in [5.74, 6) is 0.0312. The largest absolute Gasteiger partial charge is 0.341 e. The number of rotatable bonds is 1. The van der Waals surface area contributed by atoms with Crippen LogP contribution >= 0.6 is 0 Å². The van der Waals surface area contributed by atoms with Gasteiger partial charge in [-0.25, -0.2) is 0 Å². The van der Waals surface area contributed by atoms with Gasteiger partial charge >= 0.3 is 0 Å². The minimum absolute atomic E-state index is 0.0312. The van der Waals surface area contributed by atoms with Crippen molar-refractivity contribution in [2.75, 3.05) is 7.05 Å². The quantitative estimate of drug-likeness (QED) is 0.674. The number of hydrogen-bond donors (Lipinski definition) is 0. The first-order valence-corrected chi connectivity index (χ1v) is 4.67. The maximum absolute atomic E-state index is 11.7. The molecule has 0 aliphatic carbocycles. The summed E-state index contributed by atoms with van der Waals surface area (Å²) in [4.78, 5) is 13.3. The van der Waals surface area contributed by atoms with Crippen LogP contribution in [0.1, 0.15) is 18.6 Å². The molecule has 0 bridgehead atoms. The van der Waals surface area contributed by atoms with Crippen LogP contribution in [0.4, 0.5) is 0 Å². The predicted molar refractivity (Wildman–Crippen MR) is 52.5 cm³/mol. The van der Waals surface area contributed by atoms with E-state index < -0.39 is 6.10 Å². The molecular formula is C11H13NO2. The summed E-state index contributed by atoms with van der Waals surface area (Å²) in [7, 11) is 1.76. The van der Waals surface area contributed by atoms with Crippen molar-refractivity contribution in [3.8, 4) is 0 Å². The Bertz CT molecular complexity index is 336. The van der Waals surface area contributed by atoms with E-state index in [0.29, 0.717) is 0 Å². The van der Waals surface area contributed by atoms with Gasteiger partial charge in [-0.3, -0.25) is 4.79 Å². The number of nitrogens with zero attached hydrogens (tertiary/aromatic N) is 1. The molecule has 1 aliphatic heterocycles. The Morgan fingerprint density at radius 2 is 1.93 bits per heavy atom. The second-order valence-electron chi connectivity index (χ2n) is 3.48. The van der Waals surface area contributed by atoms with Gasteiger partial charge in [0.25, 0.3) is 5.91 Å². The topological polar surface area (TPSA) is 29.5 Å². The van der Waals surface area contributed by atoms with E-state index in [4.69, 9.17) is 4.74 Å². The molecule has 0 saturated carbocycles. The van der Waals surface area contributed by atoms with Gasteiger partial charge in [0.2, 0.25) is 0 Å². The monoisotopic (exact) mass is 191 g/mol. The standard InChI is InChI=1S/C11H13NO2/c1-8-12(2)11(13)10(14-8)9-6-4-3-5-7-9/h3-8,10H,1-2H3. The van der Waals surface area contributed by atoms with Crippen molar-refractivity contribution in [1.29, 1.82) is 0 Å². The minimum Gasteiger partial charge on any atom is -0.341 e. The first-order valence-electron chi connectivity index (χ1n) is 4.67. The SMILES string of the molecule is CC1OC(c2ccccc2)C(=O)N1C. The van der Waals surface area contributed by atoms with E-state index in [1.54, 1.807) is 11.9 Å². The van der Waals surface area contributed by atoms with Crippen LogP contribution in [0.2, 0.25) is 0 Å². The average molecular weight is 191 g/mol. The molecule has 14 heavy (non-hydrogen) atoms. The van der Waals surface area contributed by atoms with Gasteiger partial charge in [0.05, 0.1) is 0 Å². The highest BCUT2D eigenvalue weighted by molar-refractivity contribution is 5.83. The number of hydrogen-bond acceptors (Lipinski definition) is 2. The van der Waals surface area contributed by atoms with Gasteiger partial charge in [0.1, 0.15) is 6.23 Å². The molecule has 1 aliphatic rings. The fourth-order valence-corrected chi connectivity index (χ4v) is 1.56. The van der Waals surface area contributed by atoms with Gasteiger partial charge in [-0.2, -0.15) is 0 Å². The average Bonchev–Trinajstić information content (AvgIpc) is 2.47. The molecule has 0 aromatic heterocycles. The van der Waals surface area contributed by atoms with Crippen molar-refractivity contribution in [2.45, 2.75) is 19.3 Å². The Balaban J connectivity index is 2.26. The molecule has 1 saturated heterocycles. The minimum atomic E-state index is -0.420. The van der Waals surface area contributed by atoms with Crippen LogP contribution in [0.5, 0.6) is 0 Å². The van der Waals surface area contributed by atoms with Crippen molar-refractivity contribution in [1.82, 2.24) is 4.90 Å². The van der Waals surface area contributed by atoms with Crippen molar-refractivity contribution >= 4 is 5.91 Å². The second-order valence-corrected chi connectivity index (χ2v) is 3.48. The normalized spacial score (nSPS) is 27.0. The van der Waals surface area contributed by atoms with E-state index in [1.165, 1.54) is 0 Å². The summed E-state index contributed by atoms with van der Waals surface area (Å²) in [6, 6.07) is 9.57. The molecule has 2 rings (SSSR count). The molecule has 1 aromatic carbocycles. The molecule has 1 aromatic rings. The zero-order valence-corrected chi connectivity index (χ0v) is 8.31. The van der Waals surface area contributed by atoms with Gasteiger partial charge in [-0.05, 0) is 12.5 Å². The lowest BCUT2D eigenvalue weighted by atomic mass is 10.1. The number of amides is 1. The number of carbonyl (C=O) groups excluding carboxylic acids is 1. The Morgan fingerprint density at radius 3 is 2.43 bits per heavy atom. The molecule has 0 N–H and O–H groups in total. The summed E-state index contributed by atoms with van der Waals surface area (Å²) < 4.78 is 5.55. The zero-order chi connectivity index (χ0) is 10.1. The molecule has 0 spiro atoms. The van der Waals surface area contributed by atoms with E-state index in [1.807, 2.05) is 37.3 Å². The summed E-state index contributed by atoms with van der Waals surface area (Å²) in [6.07, 6.45) is -0.552. The number of carbonyl (C=O) groups is 1. The van der Waals surface area contributed by atoms with Crippen LogP contribution < -0.4 is 0 Å². The first kappa shape index (κ1) is 9.21. The number of ether oxygens (including phenoxy) is 1. The third-order valence-corrected chi connectivity index (χ3v) is 2.55. The van der Waals surface area contributed by atoms with E-state index in [-0.39, 0.29) is 12.1 Å². The van der Waals surface area contributed by atoms with Crippen molar-refractivity contribution in [3.05, 3.63) is 35.9 Å². The molecular weight excluding hydrogens is 178 g/mol. The molecule has 2 unspecified atom stereocenters. The lowest BCUT2D eigenvalue weighted by Gasteiger charge is -2.11. The van der Waals surface area contributed by atoms with Crippen LogP contribution in [0.3, 0.4) is 0 Å². The Morgan fingerprint density at radius 1 is 1.29 bits per heavy atom. The highest BCUT2D eigenvalue weighted by Crippen LogP contribution is 2.28. The summed E-state index contributed by atoms with van der Waals surface area (Å²) in [5.41, 5.74) is 0.925. The number of benzene rings is 1. The van der Waals surface area contributed by atoms with E-state index in [2.05, 4.69) is 0 Å². The molecule has 1 fully saturated rings. The Hall–Kier alpha value is -1.35. The Kier molecular flexibility index (Phi) is 2.25. The van der Waals surface area contributed by atoms with Gasteiger partial charge in [-0.1, -0.05) is 30.3 Å². The lowest BCUT2D eigenvalue weighted by Crippen LogP contribution is -2.27. The fourth-order valence-electron chi connectivity index (χ4n) is 1.56. The third kappa shape index (κ3) is 1.40. The highest BCUT2D eigenvalue weighted by atomic mass is 16.5. The number of likely N-dealkylation sites (N-methyl/N-ethyl adjacent to an activating group) is 1. The molecule has 3 heteroatoms. The summed E-state index contributed by atoms with van der Waals surface area (Å²) >= 11 is 0.